The molecule has 0 atom stereocenters. The van der Waals surface area contributed by atoms with E-state index in [1.807, 2.05) is 42.5 Å². The molecule has 1 aliphatic heterocycles. The Hall–Kier alpha value is -3.54. The van der Waals surface area contributed by atoms with Crippen LogP contribution in [-0.4, -0.2) is 28.3 Å². The quantitative estimate of drug-likeness (QED) is 0.730. The summed E-state index contributed by atoms with van der Waals surface area (Å²) in [4.78, 5) is 34.4. The smallest absolute Gasteiger partial charge is 0.248 e. The number of carbonyl (C=O) groups is 2. The van der Waals surface area contributed by atoms with Gasteiger partial charge in [-0.2, -0.15) is 0 Å². The van der Waals surface area contributed by atoms with Crippen LogP contribution in [0.3, 0.4) is 0 Å². The van der Waals surface area contributed by atoms with E-state index in [1.54, 1.807) is 24.1 Å². The third-order valence-corrected chi connectivity index (χ3v) is 4.50. The van der Waals surface area contributed by atoms with Crippen LogP contribution in [0.5, 0.6) is 0 Å². The van der Waals surface area contributed by atoms with Gasteiger partial charge in [0.2, 0.25) is 11.8 Å². The normalized spacial score (nSPS) is 13.1. The Morgan fingerprint density at radius 2 is 1.96 bits per heavy atom. The Balaban J connectivity index is 1.46. The Morgan fingerprint density at radius 1 is 1.15 bits per heavy atom. The molecular formula is C21H18N4O2. The molecule has 0 fully saturated rings. The average Bonchev–Trinajstić information content (AvgIpc) is 3.10. The summed E-state index contributed by atoms with van der Waals surface area (Å²) in [5.74, 6) is -0.212. The molecule has 0 saturated carbocycles. The number of amides is 2. The molecule has 2 heterocycles. The van der Waals surface area contributed by atoms with Crippen molar-refractivity contribution in [2.24, 2.45) is 0 Å². The molecule has 4 rings (SSSR count). The van der Waals surface area contributed by atoms with Crippen LogP contribution in [0.15, 0.2) is 54.7 Å². The Morgan fingerprint density at radius 3 is 2.78 bits per heavy atom. The van der Waals surface area contributed by atoms with E-state index in [0.717, 1.165) is 28.7 Å². The van der Waals surface area contributed by atoms with Crippen LogP contribution in [0.1, 0.15) is 18.2 Å². The Kier molecular flexibility index (Phi) is 4.38. The van der Waals surface area contributed by atoms with Crippen molar-refractivity contribution >= 4 is 40.3 Å². The minimum atomic E-state index is -0.244. The standard InChI is InChI=1S/C21H18N4O2/c1-14(26)25-11-10-15-12-16(6-8-20(15)25)24-21(27)9-7-17-13-22-18-4-2-3-5-19(18)23-17/h2-9,12-13H,10-11H2,1H3,(H,24,27)/b9-7+. The molecule has 27 heavy (non-hydrogen) atoms. The fraction of sp³-hybridized carbons (Fsp3) is 0.143. The summed E-state index contributed by atoms with van der Waals surface area (Å²) in [5, 5.41) is 2.85. The first-order chi connectivity index (χ1) is 13.1. The number of rotatable bonds is 3. The molecule has 0 unspecified atom stereocenters. The SMILES string of the molecule is CC(=O)N1CCc2cc(NC(=O)/C=C/c3cnc4ccccc4n3)ccc21. The zero-order valence-electron chi connectivity index (χ0n) is 14.8. The number of fused-ring (bicyclic) bond motifs is 2. The average molecular weight is 358 g/mol. The van der Waals surface area contributed by atoms with E-state index in [1.165, 1.54) is 6.08 Å². The summed E-state index contributed by atoms with van der Waals surface area (Å²) in [7, 11) is 0. The number of nitrogens with one attached hydrogen (secondary N) is 1. The molecule has 6 heteroatoms. The van der Waals surface area contributed by atoms with Gasteiger partial charge in [-0.3, -0.25) is 14.6 Å². The summed E-state index contributed by atoms with van der Waals surface area (Å²) in [6.07, 6.45) is 5.51. The molecule has 134 valence electrons. The largest absolute Gasteiger partial charge is 0.323 e. The van der Waals surface area contributed by atoms with Crippen LogP contribution in [0.2, 0.25) is 0 Å². The van der Waals surface area contributed by atoms with Gasteiger partial charge >= 0.3 is 0 Å². The summed E-state index contributed by atoms with van der Waals surface area (Å²) in [5.41, 5.74) is 4.91. The van der Waals surface area contributed by atoms with E-state index in [4.69, 9.17) is 0 Å². The molecule has 2 aromatic carbocycles. The number of nitrogens with zero attached hydrogens (tertiary/aromatic N) is 3. The first kappa shape index (κ1) is 16.9. The van der Waals surface area contributed by atoms with Gasteiger partial charge in [-0.15, -0.1) is 0 Å². The second-order valence-electron chi connectivity index (χ2n) is 6.37. The fourth-order valence-electron chi connectivity index (χ4n) is 3.20. The highest BCUT2D eigenvalue weighted by atomic mass is 16.2. The number of para-hydroxylation sites is 2. The predicted molar refractivity (Wildman–Crippen MR) is 105 cm³/mol. The van der Waals surface area contributed by atoms with Crippen LogP contribution < -0.4 is 10.2 Å². The number of aromatic nitrogens is 2. The fourth-order valence-corrected chi connectivity index (χ4v) is 3.20. The van der Waals surface area contributed by atoms with Crippen molar-refractivity contribution < 1.29 is 9.59 Å². The monoisotopic (exact) mass is 358 g/mol. The molecule has 1 aliphatic rings. The lowest BCUT2D eigenvalue weighted by molar-refractivity contribution is -0.116. The highest BCUT2D eigenvalue weighted by molar-refractivity contribution is 6.02. The third kappa shape index (κ3) is 3.55. The lowest BCUT2D eigenvalue weighted by atomic mass is 10.1. The van der Waals surface area contributed by atoms with Crippen LogP contribution in [-0.2, 0) is 16.0 Å². The van der Waals surface area contributed by atoms with Crippen LogP contribution >= 0.6 is 0 Å². The maximum absolute atomic E-state index is 12.2. The topological polar surface area (TPSA) is 75.2 Å². The summed E-state index contributed by atoms with van der Waals surface area (Å²) < 4.78 is 0. The van der Waals surface area contributed by atoms with Crippen LogP contribution in [0.25, 0.3) is 17.1 Å². The zero-order chi connectivity index (χ0) is 18.8. The molecule has 2 amide bonds. The Labute approximate surface area is 156 Å². The first-order valence-corrected chi connectivity index (χ1v) is 8.72. The van der Waals surface area contributed by atoms with Crippen molar-refractivity contribution in [3.05, 3.63) is 66.0 Å². The van der Waals surface area contributed by atoms with E-state index < -0.39 is 0 Å². The highest BCUT2D eigenvalue weighted by Gasteiger charge is 2.22. The summed E-state index contributed by atoms with van der Waals surface area (Å²) in [6.45, 7) is 2.24. The molecule has 0 aliphatic carbocycles. The second-order valence-corrected chi connectivity index (χ2v) is 6.37. The molecular weight excluding hydrogens is 340 g/mol. The molecule has 1 aromatic heterocycles. The minimum absolute atomic E-state index is 0.0324. The second kappa shape index (κ2) is 6.99. The van der Waals surface area contributed by atoms with Crippen molar-refractivity contribution in [1.29, 1.82) is 0 Å². The summed E-state index contributed by atoms with van der Waals surface area (Å²) >= 11 is 0. The zero-order valence-corrected chi connectivity index (χ0v) is 14.8. The lowest BCUT2D eigenvalue weighted by Crippen LogP contribution is -2.25. The molecule has 0 saturated heterocycles. The van der Waals surface area contributed by atoms with E-state index in [9.17, 15) is 9.59 Å². The highest BCUT2D eigenvalue weighted by Crippen LogP contribution is 2.30. The number of benzene rings is 2. The van der Waals surface area contributed by atoms with E-state index in [-0.39, 0.29) is 11.8 Å². The third-order valence-electron chi connectivity index (χ3n) is 4.50. The first-order valence-electron chi connectivity index (χ1n) is 8.72. The van der Waals surface area contributed by atoms with Gasteiger partial charge in [0.05, 0.1) is 22.9 Å². The molecule has 6 nitrogen and oxygen atoms in total. The van der Waals surface area contributed by atoms with Crippen molar-refractivity contribution in [3.63, 3.8) is 0 Å². The molecule has 3 aromatic rings. The van der Waals surface area contributed by atoms with Gasteiger partial charge in [-0.25, -0.2) is 4.98 Å². The van der Waals surface area contributed by atoms with E-state index in [2.05, 4.69) is 15.3 Å². The van der Waals surface area contributed by atoms with Crippen molar-refractivity contribution in [2.75, 3.05) is 16.8 Å². The maximum Gasteiger partial charge on any atom is 0.248 e. The maximum atomic E-state index is 12.2. The number of anilines is 2. The number of carbonyl (C=O) groups excluding carboxylic acids is 2. The predicted octanol–water partition coefficient (Wildman–Crippen LogP) is 3.19. The van der Waals surface area contributed by atoms with Crippen LogP contribution in [0.4, 0.5) is 11.4 Å². The molecule has 0 radical (unpaired) electrons. The van der Waals surface area contributed by atoms with Gasteiger partial charge in [0.1, 0.15) is 0 Å². The van der Waals surface area contributed by atoms with Gasteiger partial charge < -0.3 is 10.2 Å². The molecule has 0 bridgehead atoms. The van der Waals surface area contributed by atoms with Gasteiger partial charge in [-0.05, 0) is 48.4 Å². The van der Waals surface area contributed by atoms with Crippen molar-refractivity contribution in [2.45, 2.75) is 13.3 Å². The minimum Gasteiger partial charge on any atom is -0.323 e. The molecule has 0 spiro atoms. The summed E-state index contributed by atoms with van der Waals surface area (Å²) in [6, 6.07) is 13.2. The van der Waals surface area contributed by atoms with Gasteiger partial charge in [0.15, 0.2) is 0 Å². The van der Waals surface area contributed by atoms with E-state index >= 15 is 0 Å². The molecule has 1 N–H and O–H groups in total. The van der Waals surface area contributed by atoms with Gasteiger partial charge in [0, 0.05) is 30.9 Å². The van der Waals surface area contributed by atoms with E-state index in [0.29, 0.717) is 17.9 Å². The lowest BCUT2D eigenvalue weighted by Gasteiger charge is -2.14. The number of hydrogen-bond acceptors (Lipinski definition) is 4. The van der Waals surface area contributed by atoms with Gasteiger partial charge in [-0.1, -0.05) is 12.1 Å². The van der Waals surface area contributed by atoms with Crippen molar-refractivity contribution in [1.82, 2.24) is 9.97 Å². The van der Waals surface area contributed by atoms with Crippen molar-refractivity contribution in [3.8, 4) is 0 Å². The number of hydrogen-bond donors (Lipinski definition) is 1. The Bertz CT molecular complexity index is 1070. The van der Waals surface area contributed by atoms with Gasteiger partial charge in [0.25, 0.3) is 0 Å². The van der Waals surface area contributed by atoms with Crippen LogP contribution in [0, 0.1) is 0 Å².